The lowest BCUT2D eigenvalue weighted by molar-refractivity contribution is -0.124. The molecule has 0 aromatic rings. The maximum Gasteiger partial charge on any atom is 0.248 e. The molecule has 0 aromatic heterocycles. The molecule has 0 saturated heterocycles. The summed E-state index contributed by atoms with van der Waals surface area (Å²) in [5.74, 6) is -0.881. The molecule has 2 aliphatic rings. The monoisotopic (exact) mass is 208 g/mol. The average Bonchev–Trinajstić information content (AvgIpc) is 2.67. The first kappa shape index (κ1) is 9.82. The topological polar surface area (TPSA) is 82.9 Å². The van der Waals surface area contributed by atoms with E-state index in [4.69, 9.17) is 0 Å². The summed E-state index contributed by atoms with van der Waals surface area (Å²) in [5, 5.41) is 7.67. The van der Waals surface area contributed by atoms with Crippen molar-refractivity contribution in [1.29, 1.82) is 0 Å². The van der Waals surface area contributed by atoms with Gasteiger partial charge in [0.05, 0.1) is 11.8 Å². The van der Waals surface area contributed by atoms with Gasteiger partial charge in [0.25, 0.3) is 0 Å². The molecule has 2 aliphatic heterocycles. The van der Waals surface area contributed by atoms with E-state index in [0.717, 1.165) is 11.4 Å². The number of nitrogens with one attached hydrogen (secondary N) is 2. The van der Waals surface area contributed by atoms with E-state index in [2.05, 4.69) is 21.1 Å². The molecule has 2 amide bonds. The van der Waals surface area contributed by atoms with Gasteiger partial charge >= 0.3 is 0 Å². The van der Waals surface area contributed by atoms with Crippen molar-refractivity contribution < 1.29 is 9.59 Å². The Kier molecular flexibility index (Phi) is 2.26. The maximum atomic E-state index is 11.4. The number of hydrazone groups is 2. The SMILES string of the molecule is CC1=NNC(=O)[C@H]1C[C@@H]1C(=O)NN=C1C. The van der Waals surface area contributed by atoms with Crippen LogP contribution in [0.25, 0.3) is 0 Å². The fraction of sp³-hybridized carbons (Fsp3) is 0.556. The lowest BCUT2D eigenvalue weighted by Crippen LogP contribution is -2.30. The van der Waals surface area contributed by atoms with Gasteiger partial charge in [-0.15, -0.1) is 0 Å². The van der Waals surface area contributed by atoms with Gasteiger partial charge in [0.2, 0.25) is 11.8 Å². The molecular formula is C9H12N4O2. The summed E-state index contributed by atoms with van der Waals surface area (Å²) in [4.78, 5) is 22.8. The van der Waals surface area contributed by atoms with Gasteiger partial charge in [-0.1, -0.05) is 0 Å². The van der Waals surface area contributed by atoms with Crippen molar-refractivity contribution in [2.45, 2.75) is 20.3 Å². The van der Waals surface area contributed by atoms with Crippen LogP contribution < -0.4 is 10.9 Å². The van der Waals surface area contributed by atoms with Crippen LogP contribution in [0.4, 0.5) is 0 Å². The molecule has 0 radical (unpaired) electrons. The highest BCUT2D eigenvalue weighted by molar-refractivity contribution is 6.10. The highest BCUT2D eigenvalue weighted by atomic mass is 16.2. The van der Waals surface area contributed by atoms with Crippen LogP contribution in [0.1, 0.15) is 20.3 Å². The summed E-state index contributed by atoms with van der Waals surface area (Å²) in [5.41, 5.74) is 6.26. The molecule has 0 spiro atoms. The van der Waals surface area contributed by atoms with Crippen molar-refractivity contribution >= 4 is 23.2 Å². The lowest BCUT2D eigenvalue weighted by Gasteiger charge is -2.11. The molecule has 6 nitrogen and oxygen atoms in total. The second-order valence-electron chi connectivity index (χ2n) is 3.80. The fourth-order valence-corrected chi connectivity index (χ4v) is 1.77. The van der Waals surface area contributed by atoms with Crippen LogP contribution in [0.5, 0.6) is 0 Å². The predicted molar refractivity (Wildman–Crippen MR) is 54.1 cm³/mol. The molecule has 80 valence electrons. The molecule has 0 unspecified atom stereocenters. The Morgan fingerprint density at radius 1 is 1.00 bits per heavy atom. The maximum absolute atomic E-state index is 11.4. The summed E-state index contributed by atoms with van der Waals surface area (Å²) in [7, 11) is 0. The van der Waals surface area contributed by atoms with Crippen molar-refractivity contribution in [3.8, 4) is 0 Å². The second kappa shape index (κ2) is 3.45. The average molecular weight is 208 g/mol. The molecule has 2 rings (SSSR count). The number of carbonyl (C=O) groups excluding carboxylic acids is 2. The first-order chi connectivity index (χ1) is 7.09. The molecule has 2 atom stereocenters. The molecular weight excluding hydrogens is 196 g/mol. The Labute approximate surface area is 86.8 Å². The number of nitrogens with zero attached hydrogens (tertiary/aromatic N) is 2. The second-order valence-corrected chi connectivity index (χ2v) is 3.80. The highest BCUT2D eigenvalue weighted by Gasteiger charge is 2.35. The van der Waals surface area contributed by atoms with Crippen LogP contribution in [0.15, 0.2) is 10.2 Å². The number of hydrogen-bond acceptors (Lipinski definition) is 4. The zero-order valence-corrected chi connectivity index (χ0v) is 8.57. The van der Waals surface area contributed by atoms with Crippen molar-refractivity contribution in [3.63, 3.8) is 0 Å². The Morgan fingerprint density at radius 2 is 1.40 bits per heavy atom. The van der Waals surface area contributed by atoms with Crippen LogP contribution in [-0.4, -0.2) is 23.2 Å². The predicted octanol–water partition coefficient (Wildman–Crippen LogP) is -0.380. The Hall–Kier alpha value is -1.72. The van der Waals surface area contributed by atoms with E-state index in [0.29, 0.717) is 6.42 Å². The molecule has 0 aliphatic carbocycles. The van der Waals surface area contributed by atoms with Crippen molar-refractivity contribution in [3.05, 3.63) is 0 Å². The zero-order valence-electron chi connectivity index (χ0n) is 8.57. The van der Waals surface area contributed by atoms with E-state index >= 15 is 0 Å². The highest BCUT2D eigenvalue weighted by Crippen LogP contribution is 2.21. The third kappa shape index (κ3) is 1.62. The third-order valence-corrected chi connectivity index (χ3v) is 2.80. The van der Waals surface area contributed by atoms with E-state index in [1.54, 1.807) is 13.8 Å². The quantitative estimate of drug-likeness (QED) is 0.648. The number of carbonyl (C=O) groups is 2. The summed E-state index contributed by atoms with van der Waals surface area (Å²) in [6.07, 6.45) is 0.447. The van der Waals surface area contributed by atoms with Crippen LogP contribution in [0.2, 0.25) is 0 Å². The van der Waals surface area contributed by atoms with Gasteiger partial charge in [0, 0.05) is 11.4 Å². The largest absolute Gasteiger partial charge is 0.272 e. The normalized spacial score (nSPS) is 29.7. The van der Waals surface area contributed by atoms with Gasteiger partial charge in [0.1, 0.15) is 0 Å². The van der Waals surface area contributed by atoms with Gasteiger partial charge in [-0.25, -0.2) is 10.9 Å². The van der Waals surface area contributed by atoms with E-state index in [1.807, 2.05) is 0 Å². The zero-order chi connectivity index (χ0) is 11.0. The summed E-state index contributed by atoms with van der Waals surface area (Å²) in [6, 6.07) is 0. The molecule has 2 N–H and O–H groups in total. The lowest BCUT2D eigenvalue weighted by atomic mass is 9.89. The molecule has 0 bridgehead atoms. The number of amides is 2. The summed E-state index contributed by atoms with van der Waals surface area (Å²) in [6.45, 7) is 3.56. The van der Waals surface area contributed by atoms with Crippen LogP contribution >= 0.6 is 0 Å². The minimum absolute atomic E-state index is 0.139. The third-order valence-electron chi connectivity index (χ3n) is 2.80. The molecule has 15 heavy (non-hydrogen) atoms. The smallest absolute Gasteiger partial charge is 0.248 e. The molecule has 6 heteroatoms. The minimum Gasteiger partial charge on any atom is -0.272 e. The van der Waals surface area contributed by atoms with E-state index < -0.39 is 0 Å². The Morgan fingerprint density at radius 3 is 1.67 bits per heavy atom. The van der Waals surface area contributed by atoms with E-state index in [1.165, 1.54) is 0 Å². The Balaban J connectivity index is 2.09. The van der Waals surface area contributed by atoms with E-state index in [-0.39, 0.29) is 23.7 Å². The van der Waals surface area contributed by atoms with Gasteiger partial charge in [-0.3, -0.25) is 9.59 Å². The van der Waals surface area contributed by atoms with Crippen LogP contribution in [0, 0.1) is 11.8 Å². The van der Waals surface area contributed by atoms with Gasteiger partial charge in [0.15, 0.2) is 0 Å². The van der Waals surface area contributed by atoms with Gasteiger partial charge in [-0.2, -0.15) is 10.2 Å². The standard InChI is InChI=1S/C9H12N4O2/c1-4-6(8(14)12-10-4)3-7-5(2)11-13-9(7)15/h6-7H,3H2,1-2H3,(H,12,14)(H,13,15)/t6-,7-/m0/s1. The minimum atomic E-state index is -0.302. The van der Waals surface area contributed by atoms with E-state index in [9.17, 15) is 9.59 Å². The molecule has 0 saturated carbocycles. The van der Waals surface area contributed by atoms with Crippen molar-refractivity contribution in [1.82, 2.24) is 10.9 Å². The fourth-order valence-electron chi connectivity index (χ4n) is 1.77. The summed E-state index contributed by atoms with van der Waals surface area (Å²) >= 11 is 0. The molecule has 2 heterocycles. The molecule has 0 aromatic carbocycles. The van der Waals surface area contributed by atoms with Gasteiger partial charge < -0.3 is 0 Å². The number of hydrogen-bond donors (Lipinski definition) is 2. The van der Waals surface area contributed by atoms with Gasteiger partial charge in [-0.05, 0) is 20.3 Å². The van der Waals surface area contributed by atoms with Crippen LogP contribution in [-0.2, 0) is 9.59 Å². The summed E-state index contributed by atoms with van der Waals surface area (Å²) < 4.78 is 0. The molecule has 0 fully saturated rings. The first-order valence-corrected chi connectivity index (χ1v) is 4.77. The van der Waals surface area contributed by atoms with Crippen molar-refractivity contribution in [2.75, 3.05) is 0 Å². The number of rotatable bonds is 2. The van der Waals surface area contributed by atoms with Crippen LogP contribution in [0.3, 0.4) is 0 Å². The Bertz CT molecular complexity index is 350. The first-order valence-electron chi connectivity index (χ1n) is 4.77. The van der Waals surface area contributed by atoms with Crippen molar-refractivity contribution in [2.24, 2.45) is 22.0 Å².